The molecule has 0 saturated carbocycles. The lowest BCUT2D eigenvalue weighted by atomic mass is 10.2. The number of nitrogens with zero attached hydrogens (tertiary/aromatic N) is 2. The lowest BCUT2D eigenvalue weighted by molar-refractivity contribution is -0.387. The summed E-state index contributed by atoms with van der Waals surface area (Å²) in [6, 6.07) is 3.05. The average Bonchev–Trinajstić information content (AvgIpc) is 2.39. The molecular weight excluding hydrogens is 416 g/mol. The summed E-state index contributed by atoms with van der Waals surface area (Å²) in [6.45, 7) is 0.119. The first kappa shape index (κ1) is 15.8. The van der Waals surface area contributed by atoms with Crippen LogP contribution < -0.4 is 5.32 Å². The maximum atomic E-state index is 13.6. The number of nitro benzene ring substituents is 1. The van der Waals surface area contributed by atoms with Crippen molar-refractivity contribution in [2.24, 2.45) is 0 Å². The molecule has 0 aliphatic carbocycles. The molecule has 110 valence electrons. The highest BCUT2D eigenvalue weighted by molar-refractivity contribution is 9.11. The van der Waals surface area contributed by atoms with Gasteiger partial charge in [-0.25, -0.2) is 4.39 Å². The van der Waals surface area contributed by atoms with Gasteiger partial charge in [-0.15, -0.1) is 0 Å². The van der Waals surface area contributed by atoms with Gasteiger partial charge in [0.25, 0.3) is 0 Å². The molecule has 0 aliphatic rings. The predicted octanol–water partition coefficient (Wildman–Crippen LogP) is 4.41. The van der Waals surface area contributed by atoms with Crippen LogP contribution in [0.2, 0.25) is 0 Å². The predicted molar refractivity (Wildman–Crippen MR) is 80.0 cm³/mol. The zero-order chi connectivity index (χ0) is 15.6. The molecule has 0 saturated heterocycles. The van der Waals surface area contributed by atoms with Crippen molar-refractivity contribution < 1.29 is 13.7 Å². The van der Waals surface area contributed by atoms with E-state index in [0.717, 1.165) is 10.5 Å². The number of aromatic nitrogens is 1. The Labute approximate surface area is 134 Å². The molecule has 0 bridgehead atoms. The van der Waals surface area contributed by atoms with E-state index in [9.17, 15) is 18.9 Å². The number of nitrogens with one attached hydrogen (secondary N) is 1. The standard InChI is InChI=1S/C12H7Br2F2N3O2/c13-6-1-7(14)11(17-4-6)5-18-10-3-12(19(20)21)9(16)2-8(10)15/h1-4,18H,5H2. The molecule has 0 radical (unpaired) electrons. The van der Waals surface area contributed by atoms with E-state index < -0.39 is 22.2 Å². The van der Waals surface area contributed by atoms with E-state index in [1.165, 1.54) is 0 Å². The van der Waals surface area contributed by atoms with E-state index >= 15 is 0 Å². The van der Waals surface area contributed by atoms with E-state index in [1.54, 1.807) is 12.3 Å². The highest BCUT2D eigenvalue weighted by Crippen LogP contribution is 2.26. The van der Waals surface area contributed by atoms with Crippen molar-refractivity contribution in [2.75, 3.05) is 5.32 Å². The Morgan fingerprint density at radius 3 is 2.57 bits per heavy atom. The second-order valence-electron chi connectivity index (χ2n) is 3.98. The van der Waals surface area contributed by atoms with Crippen LogP contribution in [0.15, 0.2) is 33.3 Å². The molecule has 0 aliphatic heterocycles. The number of hydrogen-bond donors (Lipinski definition) is 1. The maximum absolute atomic E-state index is 13.6. The SMILES string of the molecule is O=[N+]([O-])c1cc(NCc2ncc(Br)cc2Br)c(F)cc1F. The van der Waals surface area contributed by atoms with Crippen LogP contribution in [0.4, 0.5) is 20.2 Å². The molecule has 2 rings (SSSR count). The molecule has 5 nitrogen and oxygen atoms in total. The third kappa shape index (κ3) is 3.73. The van der Waals surface area contributed by atoms with Crippen molar-refractivity contribution >= 4 is 43.2 Å². The number of pyridine rings is 1. The Morgan fingerprint density at radius 2 is 1.95 bits per heavy atom. The van der Waals surface area contributed by atoms with Gasteiger partial charge in [0, 0.05) is 27.3 Å². The lowest BCUT2D eigenvalue weighted by Gasteiger charge is -2.09. The second kappa shape index (κ2) is 6.44. The van der Waals surface area contributed by atoms with Crippen LogP contribution in [0.1, 0.15) is 5.69 Å². The van der Waals surface area contributed by atoms with Crippen molar-refractivity contribution in [3.8, 4) is 0 Å². The smallest absolute Gasteiger partial charge is 0.307 e. The fraction of sp³-hybridized carbons (Fsp3) is 0.0833. The van der Waals surface area contributed by atoms with Gasteiger partial charge in [-0.1, -0.05) is 0 Å². The molecule has 1 aromatic heterocycles. The lowest BCUT2D eigenvalue weighted by Crippen LogP contribution is -2.05. The quantitative estimate of drug-likeness (QED) is 0.585. The minimum Gasteiger partial charge on any atom is -0.377 e. The van der Waals surface area contributed by atoms with Crippen LogP contribution in [-0.4, -0.2) is 9.91 Å². The van der Waals surface area contributed by atoms with Crippen molar-refractivity contribution in [1.82, 2.24) is 4.98 Å². The summed E-state index contributed by atoms with van der Waals surface area (Å²) < 4.78 is 28.3. The number of nitro groups is 1. The molecule has 0 amide bonds. The molecule has 21 heavy (non-hydrogen) atoms. The summed E-state index contributed by atoms with van der Waals surface area (Å²) in [5.74, 6) is -2.13. The van der Waals surface area contributed by atoms with Gasteiger partial charge in [-0.2, -0.15) is 4.39 Å². The van der Waals surface area contributed by atoms with Gasteiger partial charge in [0.15, 0.2) is 0 Å². The monoisotopic (exact) mass is 421 g/mol. The highest BCUT2D eigenvalue weighted by Gasteiger charge is 2.18. The number of rotatable bonds is 4. The van der Waals surface area contributed by atoms with Gasteiger partial charge in [0.1, 0.15) is 5.82 Å². The van der Waals surface area contributed by atoms with E-state index in [0.29, 0.717) is 16.2 Å². The molecule has 1 N–H and O–H groups in total. The van der Waals surface area contributed by atoms with E-state index in [1.807, 2.05) is 0 Å². The number of halogens is 4. The van der Waals surface area contributed by atoms with Crippen LogP contribution in [0.3, 0.4) is 0 Å². The Hall–Kier alpha value is -1.61. The zero-order valence-electron chi connectivity index (χ0n) is 10.2. The van der Waals surface area contributed by atoms with Crippen LogP contribution >= 0.6 is 31.9 Å². The molecule has 0 atom stereocenters. The minimum atomic E-state index is -1.22. The zero-order valence-corrected chi connectivity index (χ0v) is 13.4. The van der Waals surface area contributed by atoms with E-state index in [2.05, 4.69) is 42.2 Å². The number of anilines is 1. The van der Waals surface area contributed by atoms with Gasteiger partial charge in [0.05, 0.1) is 22.8 Å². The number of benzene rings is 1. The van der Waals surface area contributed by atoms with Crippen molar-refractivity contribution in [2.45, 2.75) is 6.54 Å². The molecule has 2 aromatic rings. The summed E-state index contributed by atoms with van der Waals surface area (Å²) in [7, 11) is 0. The Bertz CT molecular complexity index is 713. The minimum absolute atomic E-state index is 0.119. The molecule has 0 unspecified atom stereocenters. The average molecular weight is 423 g/mol. The third-order valence-corrected chi connectivity index (χ3v) is 3.68. The summed E-state index contributed by atoms with van der Waals surface area (Å²) in [4.78, 5) is 13.8. The summed E-state index contributed by atoms with van der Waals surface area (Å²) in [5, 5.41) is 13.3. The first-order valence-electron chi connectivity index (χ1n) is 5.55. The molecule has 9 heteroatoms. The summed E-state index contributed by atoms with van der Waals surface area (Å²) in [6.07, 6.45) is 1.56. The maximum Gasteiger partial charge on any atom is 0.307 e. The van der Waals surface area contributed by atoms with E-state index in [-0.39, 0.29) is 12.2 Å². The van der Waals surface area contributed by atoms with Crippen molar-refractivity contribution in [3.63, 3.8) is 0 Å². The Morgan fingerprint density at radius 1 is 1.24 bits per heavy atom. The highest BCUT2D eigenvalue weighted by atomic mass is 79.9. The van der Waals surface area contributed by atoms with Gasteiger partial charge in [-0.05, 0) is 37.9 Å². The van der Waals surface area contributed by atoms with Gasteiger partial charge >= 0.3 is 5.69 Å². The molecule has 0 fully saturated rings. The summed E-state index contributed by atoms with van der Waals surface area (Å²) >= 11 is 6.54. The normalized spacial score (nSPS) is 10.5. The first-order valence-corrected chi connectivity index (χ1v) is 7.14. The number of hydrogen-bond acceptors (Lipinski definition) is 4. The topological polar surface area (TPSA) is 68.1 Å². The van der Waals surface area contributed by atoms with Crippen LogP contribution in [0, 0.1) is 21.7 Å². The summed E-state index contributed by atoms with van der Waals surface area (Å²) in [5.41, 5.74) is -0.383. The fourth-order valence-electron chi connectivity index (χ4n) is 1.56. The molecular formula is C12H7Br2F2N3O2. The van der Waals surface area contributed by atoms with Crippen LogP contribution in [-0.2, 0) is 6.54 Å². The third-order valence-electron chi connectivity index (χ3n) is 2.56. The Balaban J connectivity index is 2.23. The van der Waals surface area contributed by atoms with Crippen LogP contribution in [0.25, 0.3) is 0 Å². The van der Waals surface area contributed by atoms with E-state index in [4.69, 9.17) is 0 Å². The first-order chi connectivity index (χ1) is 9.88. The molecule has 1 heterocycles. The molecule has 0 spiro atoms. The van der Waals surface area contributed by atoms with Crippen LogP contribution in [0.5, 0.6) is 0 Å². The molecule has 1 aromatic carbocycles. The van der Waals surface area contributed by atoms with Gasteiger partial charge < -0.3 is 5.32 Å². The van der Waals surface area contributed by atoms with Crippen molar-refractivity contribution in [1.29, 1.82) is 0 Å². The van der Waals surface area contributed by atoms with Gasteiger partial charge in [0.2, 0.25) is 5.82 Å². The largest absolute Gasteiger partial charge is 0.377 e. The Kier molecular flexibility index (Phi) is 4.84. The van der Waals surface area contributed by atoms with Crippen molar-refractivity contribution in [3.05, 3.63) is 60.8 Å². The second-order valence-corrected chi connectivity index (χ2v) is 5.75. The van der Waals surface area contributed by atoms with Gasteiger partial charge in [-0.3, -0.25) is 15.1 Å². The fourth-order valence-corrected chi connectivity index (χ4v) is 2.69.